The molecule has 0 saturated carbocycles. The Labute approximate surface area is 127 Å². The number of anilines is 2. The summed E-state index contributed by atoms with van der Waals surface area (Å²) in [5, 5.41) is 11.3. The van der Waals surface area contributed by atoms with E-state index in [4.69, 9.17) is 13.8 Å². The first kappa shape index (κ1) is 12.9. The van der Waals surface area contributed by atoms with Gasteiger partial charge in [-0.1, -0.05) is 22.4 Å². The van der Waals surface area contributed by atoms with E-state index in [9.17, 15) is 0 Å². The third-order valence-corrected chi connectivity index (χ3v) is 4.07. The average molecular weight is 297 g/mol. The smallest absolute Gasteiger partial charge is 0.235 e. The van der Waals surface area contributed by atoms with Crippen LogP contribution in [0.2, 0.25) is 0 Å². The van der Waals surface area contributed by atoms with Crippen molar-refractivity contribution < 1.29 is 13.8 Å². The molecular weight excluding hydrogens is 282 g/mol. The van der Waals surface area contributed by atoms with Crippen molar-refractivity contribution in [1.82, 2.24) is 10.3 Å². The van der Waals surface area contributed by atoms with Gasteiger partial charge in [-0.25, -0.2) is 0 Å². The number of hydrogen-bond acceptors (Lipinski definition) is 6. The number of hydrogen-bond donors (Lipinski definition) is 1. The Morgan fingerprint density at radius 2 is 1.50 bits per heavy atom. The molecule has 0 saturated heterocycles. The summed E-state index contributed by atoms with van der Waals surface area (Å²) in [5.74, 6) is 2.03. The van der Waals surface area contributed by atoms with E-state index in [1.165, 1.54) is 0 Å². The molecule has 0 fully saturated rings. The first-order valence-electron chi connectivity index (χ1n) is 7.02. The fraction of sp³-hybridized carbons (Fsp3) is 0.250. The molecular formula is C16H15N3O3. The molecule has 2 aromatic heterocycles. The maximum Gasteiger partial charge on any atom is 0.235 e. The quantitative estimate of drug-likeness (QED) is 0.610. The minimum Gasteiger partial charge on any atom is -0.497 e. The third-order valence-electron chi connectivity index (χ3n) is 4.07. The predicted molar refractivity (Wildman–Crippen MR) is 79.7 cm³/mol. The zero-order chi connectivity index (χ0) is 15.3. The molecule has 1 aromatic carbocycles. The molecule has 6 nitrogen and oxygen atoms in total. The van der Waals surface area contributed by atoms with Gasteiger partial charge < -0.3 is 13.8 Å². The molecule has 3 heterocycles. The highest BCUT2D eigenvalue weighted by atomic mass is 16.5. The molecule has 0 bridgehead atoms. The van der Waals surface area contributed by atoms with E-state index in [-0.39, 0.29) is 5.92 Å². The maximum atomic E-state index is 5.38. The van der Waals surface area contributed by atoms with Crippen LogP contribution in [0.1, 0.15) is 34.0 Å². The highest BCUT2D eigenvalue weighted by Crippen LogP contribution is 2.47. The molecule has 3 aromatic rings. The average Bonchev–Trinajstić information content (AvgIpc) is 3.10. The van der Waals surface area contributed by atoms with E-state index in [1.807, 2.05) is 38.1 Å². The highest BCUT2D eigenvalue weighted by molar-refractivity contribution is 5.70. The van der Waals surface area contributed by atoms with Crippen LogP contribution in [-0.4, -0.2) is 17.4 Å². The lowest BCUT2D eigenvalue weighted by atomic mass is 9.83. The van der Waals surface area contributed by atoms with Crippen LogP contribution >= 0.6 is 0 Å². The zero-order valence-corrected chi connectivity index (χ0v) is 12.5. The topological polar surface area (TPSA) is 73.3 Å². The first-order chi connectivity index (χ1) is 10.7. The van der Waals surface area contributed by atoms with Gasteiger partial charge in [0.1, 0.15) is 5.75 Å². The number of ether oxygens (including phenoxy) is 1. The van der Waals surface area contributed by atoms with E-state index in [2.05, 4.69) is 15.6 Å². The minimum atomic E-state index is -0.0188. The van der Waals surface area contributed by atoms with E-state index < -0.39 is 0 Å². The van der Waals surface area contributed by atoms with Crippen LogP contribution < -0.4 is 10.1 Å². The van der Waals surface area contributed by atoms with Gasteiger partial charge in [-0.15, -0.1) is 0 Å². The fourth-order valence-corrected chi connectivity index (χ4v) is 2.99. The number of benzene rings is 1. The summed E-state index contributed by atoms with van der Waals surface area (Å²) in [6, 6.07) is 7.98. The molecule has 1 aliphatic heterocycles. The molecule has 0 aliphatic carbocycles. The van der Waals surface area contributed by atoms with E-state index >= 15 is 0 Å². The van der Waals surface area contributed by atoms with Crippen molar-refractivity contribution in [2.75, 3.05) is 12.4 Å². The molecule has 1 N–H and O–H groups in total. The second kappa shape index (κ2) is 4.62. The van der Waals surface area contributed by atoms with Gasteiger partial charge in [0.15, 0.2) is 0 Å². The van der Waals surface area contributed by atoms with Gasteiger partial charge in [0.05, 0.1) is 29.6 Å². The molecule has 4 rings (SSSR count). The van der Waals surface area contributed by atoms with E-state index in [0.29, 0.717) is 11.8 Å². The van der Waals surface area contributed by atoms with Gasteiger partial charge in [0.25, 0.3) is 0 Å². The van der Waals surface area contributed by atoms with Crippen molar-refractivity contribution in [3.63, 3.8) is 0 Å². The molecule has 0 atom stereocenters. The largest absolute Gasteiger partial charge is 0.497 e. The summed E-state index contributed by atoms with van der Waals surface area (Å²) in [6.07, 6.45) is 0. The summed E-state index contributed by atoms with van der Waals surface area (Å²) < 4.78 is 16.0. The normalized spacial score (nSPS) is 13.4. The Kier molecular flexibility index (Phi) is 2.72. The molecule has 1 aliphatic rings. The van der Waals surface area contributed by atoms with E-state index in [0.717, 1.165) is 33.8 Å². The molecule has 6 heteroatoms. The highest BCUT2D eigenvalue weighted by Gasteiger charge is 2.36. The molecule has 112 valence electrons. The van der Waals surface area contributed by atoms with Gasteiger partial charge in [-0.3, -0.25) is 5.32 Å². The monoisotopic (exact) mass is 297 g/mol. The molecule has 0 spiro atoms. The van der Waals surface area contributed by atoms with Crippen molar-refractivity contribution in [2.24, 2.45) is 0 Å². The Balaban J connectivity index is 1.93. The second-order valence-corrected chi connectivity index (χ2v) is 5.35. The lowest BCUT2D eigenvalue weighted by Crippen LogP contribution is -2.13. The molecule has 0 unspecified atom stereocenters. The van der Waals surface area contributed by atoms with Crippen LogP contribution in [0.4, 0.5) is 11.8 Å². The zero-order valence-electron chi connectivity index (χ0n) is 12.5. The molecule has 0 radical (unpaired) electrons. The number of nitrogens with one attached hydrogen (secondary N) is 1. The third kappa shape index (κ3) is 1.73. The van der Waals surface area contributed by atoms with Gasteiger partial charge >= 0.3 is 0 Å². The predicted octanol–water partition coefficient (Wildman–Crippen LogP) is 3.53. The number of rotatable bonds is 2. The number of methoxy groups -OCH3 is 1. The van der Waals surface area contributed by atoms with Crippen molar-refractivity contribution in [3.05, 3.63) is 52.3 Å². The molecule has 22 heavy (non-hydrogen) atoms. The van der Waals surface area contributed by atoms with Crippen LogP contribution in [0, 0.1) is 13.8 Å². The second-order valence-electron chi connectivity index (χ2n) is 5.35. The van der Waals surface area contributed by atoms with Gasteiger partial charge in [0.2, 0.25) is 11.8 Å². The van der Waals surface area contributed by atoms with Gasteiger partial charge in [-0.05, 0) is 31.5 Å². The fourth-order valence-electron chi connectivity index (χ4n) is 2.99. The van der Waals surface area contributed by atoms with Crippen LogP contribution in [0.15, 0.2) is 33.3 Å². The van der Waals surface area contributed by atoms with Crippen LogP contribution in [0.25, 0.3) is 0 Å². The maximum absolute atomic E-state index is 5.38. The minimum absolute atomic E-state index is 0.0188. The summed E-state index contributed by atoms with van der Waals surface area (Å²) in [6.45, 7) is 3.88. The summed E-state index contributed by atoms with van der Waals surface area (Å²) in [7, 11) is 1.66. The number of nitrogens with zero attached hydrogens (tertiary/aromatic N) is 2. The number of fused-ring (bicyclic) bond motifs is 2. The Hall–Kier alpha value is -2.76. The lowest BCUT2D eigenvalue weighted by molar-refractivity contribution is 0.410. The first-order valence-corrected chi connectivity index (χ1v) is 7.02. The number of aryl methyl sites for hydroxylation is 2. The lowest BCUT2D eigenvalue weighted by Gasteiger charge is -2.22. The van der Waals surface area contributed by atoms with Gasteiger partial charge in [0, 0.05) is 5.92 Å². The number of aromatic nitrogens is 2. The Bertz CT molecular complexity index is 787. The van der Waals surface area contributed by atoms with Crippen LogP contribution in [-0.2, 0) is 0 Å². The summed E-state index contributed by atoms with van der Waals surface area (Å²) in [5.41, 5.74) is 4.86. The summed E-state index contributed by atoms with van der Waals surface area (Å²) in [4.78, 5) is 0. The van der Waals surface area contributed by atoms with Crippen molar-refractivity contribution in [3.8, 4) is 5.75 Å². The Morgan fingerprint density at radius 3 is 2.00 bits per heavy atom. The Morgan fingerprint density at radius 1 is 0.955 bits per heavy atom. The van der Waals surface area contributed by atoms with Crippen molar-refractivity contribution in [2.45, 2.75) is 19.8 Å². The van der Waals surface area contributed by atoms with Gasteiger partial charge in [-0.2, -0.15) is 0 Å². The van der Waals surface area contributed by atoms with E-state index in [1.54, 1.807) is 7.11 Å². The standard InChI is InChI=1S/C16H15N3O3/c1-8-12-14(10-4-6-11(20-3)7-5-10)13-9(2)19-22-16(13)17-15(12)21-18-8/h4-7,14,17H,1-3H3. The molecule has 0 amide bonds. The van der Waals surface area contributed by atoms with Crippen LogP contribution in [0.5, 0.6) is 5.75 Å². The SMILES string of the molecule is COc1ccc(C2c3c(C)noc3Nc3onc(C)c32)cc1. The van der Waals surface area contributed by atoms with Crippen molar-refractivity contribution >= 4 is 11.8 Å². The summed E-state index contributed by atoms with van der Waals surface area (Å²) >= 11 is 0. The van der Waals surface area contributed by atoms with Crippen LogP contribution in [0.3, 0.4) is 0 Å². The van der Waals surface area contributed by atoms with Crippen molar-refractivity contribution in [1.29, 1.82) is 0 Å².